The predicted octanol–water partition coefficient (Wildman–Crippen LogP) is 9.13. The summed E-state index contributed by atoms with van der Waals surface area (Å²) in [6.45, 7) is 12.8. The molecule has 0 spiro atoms. The highest BCUT2D eigenvalue weighted by Gasteiger charge is 2.31. The number of allylic oxidation sites excluding steroid dienone is 1. The first-order valence-electron chi connectivity index (χ1n) is 17.8. The van der Waals surface area contributed by atoms with Gasteiger partial charge < -0.3 is 24.2 Å². The molecular formula is C41H49N3O3. The fourth-order valence-corrected chi connectivity index (χ4v) is 8.49. The monoisotopic (exact) mass is 631 g/mol. The Balaban J connectivity index is 1.28. The summed E-state index contributed by atoms with van der Waals surface area (Å²) in [7, 11) is 0. The number of benzene rings is 3. The maximum absolute atomic E-state index is 12.1. The van der Waals surface area contributed by atoms with Gasteiger partial charge >= 0.3 is 5.97 Å². The Labute approximate surface area is 279 Å². The zero-order valence-corrected chi connectivity index (χ0v) is 27.9. The van der Waals surface area contributed by atoms with Crippen molar-refractivity contribution < 1.29 is 14.6 Å². The first-order chi connectivity index (χ1) is 22.9. The maximum Gasteiger partial charge on any atom is 0.335 e. The molecule has 6 heteroatoms. The number of carboxylic acid groups (broad SMARTS) is 1. The van der Waals surface area contributed by atoms with Crippen molar-refractivity contribution in [2.24, 2.45) is 5.92 Å². The number of likely N-dealkylation sites (tertiary alicyclic amines) is 1. The molecule has 2 aliphatic heterocycles. The highest BCUT2D eigenvalue weighted by molar-refractivity contribution is 5.99. The number of hydrogen-bond donors (Lipinski definition) is 1. The third kappa shape index (κ3) is 6.85. The Kier molecular flexibility index (Phi) is 9.39. The highest BCUT2D eigenvalue weighted by atomic mass is 16.5. The Morgan fingerprint density at radius 3 is 2.53 bits per heavy atom. The average Bonchev–Trinajstić information content (AvgIpc) is 3.32. The van der Waals surface area contributed by atoms with Crippen molar-refractivity contribution in [1.29, 1.82) is 0 Å². The first kappa shape index (κ1) is 31.6. The minimum absolute atomic E-state index is 0.355. The van der Waals surface area contributed by atoms with Crippen molar-refractivity contribution in [3.05, 3.63) is 95.6 Å². The van der Waals surface area contributed by atoms with Gasteiger partial charge in [0, 0.05) is 60.9 Å². The lowest BCUT2D eigenvalue weighted by Crippen LogP contribution is -2.41. The van der Waals surface area contributed by atoms with E-state index in [0.717, 1.165) is 62.5 Å². The topological polar surface area (TPSA) is 57.9 Å². The van der Waals surface area contributed by atoms with Gasteiger partial charge in [-0.05, 0) is 92.8 Å². The number of piperidine rings is 1. The molecule has 7 rings (SSSR count). The largest absolute Gasteiger partial charge is 0.489 e. The molecule has 0 radical (unpaired) electrons. The minimum Gasteiger partial charge on any atom is -0.489 e. The van der Waals surface area contributed by atoms with Crippen LogP contribution in [0.15, 0.2) is 78.9 Å². The Morgan fingerprint density at radius 1 is 0.915 bits per heavy atom. The molecule has 3 aliphatic rings. The summed E-state index contributed by atoms with van der Waals surface area (Å²) in [4.78, 5) is 17.3. The predicted molar refractivity (Wildman–Crippen MR) is 192 cm³/mol. The number of aromatic carboxylic acids is 1. The lowest BCUT2D eigenvalue weighted by Gasteiger charge is -2.35. The van der Waals surface area contributed by atoms with Crippen molar-refractivity contribution in [3.8, 4) is 17.0 Å². The Morgan fingerprint density at radius 2 is 1.74 bits per heavy atom. The van der Waals surface area contributed by atoms with Crippen LogP contribution >= 0.6 is 0 Å². The van der Waals surface area contributed by atoms with Gasteiger partial charge in [0.05, 0.1) is 11.3 Å². The van der Waals surface area contributed by atoms with Gasteiger partial charge in [-0.1, -0.05) is 61.2 Å². The van der Waals surface area contributed by atoms with Crippen LogP contribution in [-0.2, 0) is 13.2 Å². The van der Waals surface area contributed by atoms with Gasteiger partial charge in [0.2, 0.25) is 0 Å². The van der Waals surface area contributed by atoms with Crippen LogP contribution < -0.4 is 9.64 Å². The zero-order valence-electron chi connectivity index (χ0n) is 27.9. The molecule has 1 saturated carbocycles. The summed E-state index contributed by atoms with van der Waals surface area (Å²) < 4.78 is 8.85. The summed E-state index contributed by atoms with van der Waals surface area (Å²) in [5, 5.41) is 11.2. The maximum atomic E-state index is 12.1. The second-order valence-corrected chi connectivity index (χ2v) is 14.2. The molecule has 246 valence electrons. The lowest BCUT2D eigenvalue weighted by atomic mass is 9.81. The Bertz CT molecular complexity index is 1740. The molecule has 6 nitrogen and oxygen atoms in total. The van der Waals surface area contributed by atoms with Crippen molar-refractivity contribution in [2.45, 2.75) is 77.4 Å². The number of anilines is 1. The smallest absolute Gasteiger partial charge is 0.335 e. The van der Waals surface area contributed by atoms with E-state index in [1.54, 1.807) is 6.07 Å². The van der Waals surface area contributed by atoms with Crippen LogP contribution in [-0.4, -0.2) is 53.3 Å². The van der Waals surface area contributed by atoms with Gasteiger partial charge in [0.15, 0.2) is 0 Å². The van der Waals surface area contributed by atoms with Gasteiger partial charge in [0.1, 0.15) is 12.4 Å². The molecule has 4 aromatic rings. The zero-order chi connectivity index (χ0) is 32.3. The van der Waals surface area contributed by atoms with Crippen LogP contribution in [0.4, 0.5) is 5.69 Å². The Hall–Kier alpha value is -4.03. The van der Waals surface area contributed by atoms with Gasteiger partial charge in [-0.15, -0.1) is 6.58 Å². The fraction of sp³-hybridized carbons (Fsp3) is 0.439. The van der Waals surface area contributed by atoms with Gasteiger partial charge in [-0.3, -0.25) is 0 Å². The summed E-state index contributed by atoms with van der Waals surface area (Å²) >= 11 is 0. The minimum atomic E-state index is -0.871. The second-order valence-electron chi connectivity index (χ2n) is 14.2. The van der Waals surface area contributed by atoms with Crippen molar-refractivity contribution in [1.82, 2.24) is 9.47 Å². The molecule has 1 atom stereocenters. The summed E-state index contributed by atoms with van der Waals surface area (Å²) in [6.07, 6.45) is 9.83. The van der Waals surface area contributed by atoms with Gasteiger partial charge in [-0.25, -0.2) is 4.79 Å². The van der Waals surface area contributed by atoms with Crippen LogP contribution in [0.5, 0.6) is 5.75 Å². The van der Waals surface area contributed by atoms with E-state index in [4.69, 9.17) is 4.74 Å². The number of rotatable bonds is 10. The number of carboxylic acids is 1. The van der Waals surface area contributed by atoms with E-state index in [9.17, 15) is 9.90 Å². The van der Waals surface area contributed by atoms with Crippen LogP contribution in [0.25, 0.3) is 22.2 Å². The number of nitrogens with zero attached hydrogens (tertiary/aromatic N) is 3. The van der Waals surface area contributed by atoms with Crippen LogP contribution in [0, 0.1) is 5.92 Å². The first-order valence-corrected chi connectivity index (χ1v) is 17.8. The van der Waals surface area contributed by atoms with Crippen molar-refractivity contribution in [2.75, 3.05) is 37.6 Å². The molecule has 1 N–H and O–H groups in total. The SMILES string of the molecule is C=C(C)CC1CCCN(CCN2CCn3c(c(C4CCCCC4)c4ccc(C(=O)O)cc43)-c3ccc(OCc4ccccc4)cc32)C1. The fourth-order valence-electron chi connectivity index (χ4n) is 8.49. The van der Waals surface area contributed by atoms with Crippen molar-refractivity contribution in [3.63, 3.8) is 0 Å². The van der Waals surface area contributed by atoms with Gasteiger partial charge in [-0.2, -0.15) is 0 Å². The molecule has 0 bridgehead atoms. The summed E-state index contributed by atoms with van der Waals surface area (Å²) in [5.41, 5.74) is 9.00. The van der Waals surface area contributed by atoms with E-state index in [1.165, 1.54) is 78.4 Å². The standard InChI is InChI=1S/C41H49N3O3/c1-29(2)24-31-12-9-19-42(27-31)20-21-43-22-23-44-38-25-33(41(45)46)15-17-35(38)39(32-13-7-4-8-14-32)40(44)36-18-16-34(26-37(36)43)47-28-30-10-5-3-6-11-30/h3,5-6,10-11,15-18,25-26,31-32H,1,4,7-9,12-14,19-24,27-28H2,2H3,(H,45,46). The highest BCUT2D eigenvalue weighted by Crippen LogP contribution is 2.48. The molecule has 1 saturated heterocycles. The molecular weight excluding hydrogens is 582 g/mol. The van der Waals surface area contributed by atoms with E-state index in [2.05, 4.69) is 76.4 Å². The number of aromatic nitrogens is 1. The van der Waals surface area contributed by atoms with Gasteiger partial charge in [0.25, 0.3) is 0 Å². The summed E-state index contributed by atoms with van der Waals surface area (Å²) in [6, 6.07) is 22.8. The molecule has 2 fully saturated rings. The number of hydrogen-bond acceptors (Lipinski definition) is 4. The van der Waals surface area contributed by atoms with E-state index < -0.39 is 5.97 Å². The number of carbonyl (C=O) groups is 1. The quantitative estimate of drug-likeness (QED) is 0.177. The van der Waals surface area contributed by atoms with E-state index in [0.29, 0.717) is 24.0 Å². The van der Waals surface area contributed by atoms with E-state index >= 15 is 0 Å². The number of ether oxygens (including phenoxy) is 1. The third-order valence-electron chi connectivity index (χ3n) is 10.7. The number of fused-ring (bicyclic) bond motifs is 5. The van der Waals surface area contributed by atoms with E-state index in [-0.39, 0.29) is 0 Å². The van der Waals surface area contributed by atoms with Crippen molar-refractivity contribution >= 4 is 22.6 Å². The van der Waals surface area contributed by atoms with Crippen LogP contribution in [0.1, 0.15) is 85.7 Å². The molecule has 0 amide bonds. The normalized spacial score (nSPS) is 18.8. The average molecular weight is 632 g/mol. The third-order valence-corrected chi connectivity index (χ3v) is 10.7. The molecule has 1 aromatic heterocycles. The molecule has 1 aliphatic carbocycles. The molecule has 3 aromatic carbocycles. The van der Waals surface area contributed by atoms with E-state index in [1.807, 2.05) is 12.1 Å². The lowest BCUT2D eigenvalue weighted by molar-refractivity contribution is 0.0697. The molecule has 1 unspecified atom stereocenters. The van der Waals surface area contributed by atoms with Crippen LogP contribution in [0.2, 0.25) is 0 Å². The second kappa shape index (κ2) is 14.0. The van der Waals surface area contributed by atoms with Crippen LogP contribution in [0.3, 0.4) is 0 Å². The molecule has 47 heavy (non-hydrogen) atoms. The molecule has 3 heterocycles. The summed E-state index contributed by atoms with van der Waals surface area (Å²) in [5.74, 6) is 1.19.